The first-order chi connectivity index (χ1) is 22.2. The molecule has 0 spiro atoms. The third-order valence-electron chi connectivity index (χ3n) is 7.07. The lowest BCUT2D eigenvalue weighted by atomic mass is 9.98. The van der Waals surface area contributed by atoms with Gasteiger partial charge in [0.1, 0.15) is 6.04 Å². The summed E-state index contributed by atoms with van der Waals surface area (Å²) in [5, 5.41) is 8.33. The van der Waals surface area contributed by atoms with E-state index in [-0.39, 0.29) is 17.4 Å². The zero-order chi connectivity index (χ0) is 32.9. The lowest BCUT2D eigenvalue weighted by molar-refractivity contribution is -0.137. The lowest BCUT2D eigenvalue weighted by Crippen LogP contribution is -2.42. The van der Waals surface area contributed by atoms with Crippen molar-refractivity contribution in [3.63, 3.8) is 0 Å². The van der Waals surface area contributed by atoms with Crippen molar-refractivity contribution in [1.82, 2.24) is 15.6 Å². The number of nitrogens with zero attached hydrogens (tertiary/aromatic N) is 1. The summed E-state index contributed by atoms with van der Waals surface area (Å²) >= 11 is 0. The molecule has 1 atom stereocenters. The molecule has 0 radical (unpaired) electrons. The molecule has 1 heterocycles. The Hall–Kier alpha value is -5.19. The maximum atomic E-state index is 13.1. The van der Waals surface area contributed by atoms with Crippen LogP contribution in [0.1, 0.15) is 60.1 Å². The van der Waals surface area contributed by atoms with Crippen molar-refractivity contribution in [2.45, 2.75) is 44.8 Å². The average molecular weight is 633 g/mol. The van der Waals surface area contributed by atoms with E-state index in [1.54, 1.807) is 48.5 Å². The van der Waals surface area contributed by atoms with Gasteiger partial charge in [0.05, 0.1) is 17.4 Å². The number of pyridine rings is 1. The molecular formula is C35H35F3N4O4. The van der Waals surface area contributed by atoms with E-state index in [1.807, 2.05) is 6.07 Å². The molecule has 0 saturated carbocycles. The van der Waals surface area contributed by atoms with Crippen LogP contribution in [0.2, 0.25) is 0 Å². The van der Waals surface area contributed by atoms with Gasteiger partial charge >= 0.3 is 6.18 Å². The number of benzene rings is 3. The van der Waals surface area contributed by atoms with Crippen LogP contribution in [0, 0.1) is 0 Å². The lowest BCUT2D eigenvalue weighted by Gasteiger charge is -2.19. The number of rotatable bonds is 14. The van der Waals surface area contributed by atoms with Crippen LogP contribution in [0.3, 0.4) is 0 Å². The normalized spacial score (nSPS) is 11.7. The number of amides is 3. The van der Waals surface area contributed by atoms with Crippen LogP contribution in [0.25, 0.3) is 11.1 Å². The molecule has 3 aromatic carbocycles. The number of anilines is 1. The topological polar surface area (TPSA) is 109 Å². The highest BCUT2D eigenvalue weighted by molar-refractivity contribution is 6.08. The zero-order valence-electron chi connectivity index (χ0n) is 25.3. The number of alkyl halides is 3. The number of ether oxygens (including phenoxy) is 1. The highest BCUT2D eigenvalue weighted by Crippen LogP contribution is 2.32. The molecule has 0 aliphatic heterocycles. The van der Waals surface area contributed by atoms with Gasteiger partial charge in [-0.25, -0.2) is 4.98 Å². The van der Waals surface area contributed by atoms with E-state index in [2.05, 4.69) is 27.9 Å². The summed E-state index contributed by atoms with van der Waals surface area (Å²) in [7, 11) is 0. The minimum absolute atomic E-state index is 0.120. The third kappa shape index (κ3) is 9.65. The summed E-state index contributed by atoms with van der Waals surface area (Å²) in [5.41, 5.74) is 1.38. The summed E-state index contributed by atoms with van der Waals surface area (Å²) < 4.78 is 44.5. The van der Waals surface area contributed by atoms with Crippen molar-refractivity contribution in [3.8, 4) is 17.0 Å². The number of nitrogens with one attached hydrogen (secondary N) is 3. The molecule has 0 aliphatic carbocycles. The summed E-state index contributed by atoms with van der Waals surface area (Å²) in [4.78, 5) is 42.9. The largest absolute Gasteiger partial charge is 0.468 e. The first-order valence-electron chi connectivity index (χ1n) is 14.9. The van der Waals surface area contributed by atoms with Crippen molar-refractivity contribution >= 4 is 23.4 Å². The van der Waals surface area contributed by atoms with Crippen LogP contribution < -0.4 is 20.7 Å². The van der Waals surface area contributed by atoms with Crippen LogP contribution in [0.4, 0.5) is 18.9 Å². The average Bonchev–Trinajstić information content (AvgIpc) is 3.06. The first kappa shape index (κ1) is 33.7. The van der Waals surface area contributed by atoms with Gasteiger partial charge in [-0.3, -0.25) is 14.4 Å². The number of carbonyl (C=O) groups excluding carboxylic acids is 3. The van der Waals surface area contributed by atoms with Crippen LogP contribution in [-0.2, 0) is 15.8 Å². The van der Waals surface area contributed by atoms with Crippen molar-refractivity contribution in [2.75, 3.05) is 18.5 Å². The molecule has 1 aromatic heterocycles. The van der Waals surface area contributed by atoms with Crippen molar-refractivity contribution in [1.29, 1.82) is 0 Å². The Kier molecular flexibility index (Phi) is 11.9. The van der Waals surface area contributed by atoms with Crippen molar-refractivity contribution in [3.05, 3.63) is 114 Å². The Bertz CT molecular complexity index is 1600. The smallest absolute Gasteiger partial charge is 0.416 e. The number of carbonyl (C=O) groups is 3. The van der Waals surface area contributed by atoms with Gasteiger partial charge in [-0.15, -0.1) is 0 Å². The van der Waals surface area contributed by atoms with Gasteiger partial charge in [-0.2, -0.15) is 13.2 Å². The maximum Gasteiger partial charge on any atom is 0.416 e. The molecule has 0 aliphatic rings. The van der Waals surface area contributed by atoms with Crippen LogP contribution >= 0.6 is 0 Å². The molecule has 3 amide bonds. The van der Waals surface area contributed by atoms with E-state index in [4.69, 9.17) is 4.74 Å². The molecule has 0 fully saturated rings. The van der Waals surface area contributed by atoms with Crippen molar-refractivity contribution in [2.24, 2.45) is 0 Å². The van der Waals surface area contributed by atoms with E-state index in [1.165, 1.54) is 30.5 Å². The highest BCUT2D eigenvalue weighted by Gasteiger charge is 2.30. The summed E-state index contributed by atoms with van der Waals surface area (Å²) in [6.45, 7) is 2.23. The van der Waals surface area contributed by atoms with Crippen LogP contribution in [-0.4, -0.2) is 35.9 Å². The van der Waals surface area contributed by atoms with E-state index in [9.17, 15) is 27.6 Å². The second-order valence-electron chi connectivity index (χ2n) is 10.5. The fourth-order valence-electron chi connectivity index (χ4n) is 4.66. The highest BCUT2D eigenvalue weighted by atomic mass is 19.4. The van der Waals surface area contributed by atoms with E-state index in [0.717, 1.165) is 37.8 Å². The van der Waals surface area contributed by atoms with Gasteiger partial charge in [-0.1, -0.05) is 86.8 Å². The van der Waals surface area contributed by atoms with Gasteiger partial charge in [0.2, 0.25) is 11.8 Å². The summed E-state index contributed by atoms with van der Waals surface area (Å²) in [6, 6.07) is 22.2. The third-order valence-corrected chi connectivity index (χ3v) is 7.07. The van der Waals surface area contributed by atoms with Gasteiger partial charge in [0.15, 0.2) is 6.61 Å². The molecule has 8 nitrogen and oxygen atoms in total. The molecule has 4 aromatic rings. The number of aromatic nitrogens is 1. The second kappa shape index (κ2) is 16.2. The SMILES string of the molecule is CCCCCCNC(=O)[C@@H](NC(=O)COc1ccc(NC(=O)c2ccccc2-c2ccc(C(F)(F)F)cc2)cn1)c1ccccc1. The van der Waals surface area contributed by atoms with Crippen molar-refractivity contribution < 1.29 is 32.3 Å². The molecule has 0 bridgehead atoms. The quantitative estimate of drug-likeness (QED) is 0.130. The Balaban J connectivity index is 1.33. The predicted molar refractivity (Wildman–Crippen MR) is 169 cm³/mol. The predicted octanol–water partition coefficient (Wildman–Crippen LogP) is 6.95. The van der Waals surface area contributed by atoms with Gasteiger partial charge in [-0.05, 0) is 47.4 Å². The van der Waals surface area contributed by atoms with Crippen LogP contribution in [0.5, 0.6) is 5.88 Å². The molecule has 46 heavy (non-hydrogen) atoms. The molecule has 0 saturated heterocycles. The number of halogens is 3. The zero-order valence-corrected chi connectivity index (χ0v) is 25.3. The van der Waals surface area contributed by atoms with Gasteiger partial charge in [0.25, 0.3) is 11.8 Å². The second-order valence-corrected chi connectivity index (χ2v) is 10.5. The Morgan fingerprint density at radius 3 is 2.24 bits per heavy atom. The standard InChI is InChI=1S/C35H35F3N4O4/c1-2-3-4-10-21-39-34(45)32(25-11-6-5-7-12-25)42-30(43)23-46-31-20-19-27(22-40-31)41-33(44)29-14-9-8-13-28(29)24-15-17-26(18-16-24)35(36,37)38/h5-9,11-20,22,32H,2-4,10,21,23H2,1H3,(H,39,45)(H,41,44)(H,42,43)/t32-/m0/s1. The maximum absolute atomic E-state index is 13.1. The summed E-state index contributed by atoms with van der Waals surface area (Å²) in [6.07, 6.45) is 0.935. The molecule has 3 N–H and O–H groups in total. The molecule has 240 valence electrons. The minimum Gasteiger partial charge on any atom is -0.468 e. The fourth-order valence-corrected chi connectivity index (χ4v) is 4.66. The van der Waals surface area contributed by atoms with Gasteiger partial charge in [0, 0.05) is 18.2 Å². The summed E-state index contributed by atoms with van der Waals surface area (Å²) in [5.74, 6) is -1.20. The Morgan fingerprint density at radius 2 is 1.57 bits per heavy atom. The molecular weight excluding hydrogens is 597 g/mol. The fraction of sp³-hybridized carbons (Fsp3) is 0.257. The van der Waals surface area contributed by atoms with Crippen LogP contribution in [0.15, 0.2) is 97.2 Å². The molecule has 0 unspecified atom stereocenters. The Morgan fingerprint density at radius 1 is 0.848 bits per heavy atom. The number of unbranched alkanes of at least 4 members (excludes halogenated alkanes) is 3. The first-order valence-corrected chi connectivity index (χ1v) is 14.9. The number of hydrogen-bond donors (Lipinski definition) is 3. The van der Waals surface area contributed by atoms with E-state index >= 15 is 0 Å². The molecule has 11 heteroatoms. The number of hydrogen-bond acceptors (Lipinski definition) is 5. The van der Waals surface area contributed by atoms with Gasteiger partial charge < -0.3 is 20.7 Å². The minimum atomic E-state index is -4.46. The van der Waals surface area contributed by atoms with E-state index < -0.39 is 36.2 Å². The van der Waals surface area contributed by atoms with E-state index in [0.29, 0.717) is 28.9 Å². The monoisotopic (exact) mass is 632 g/mol. The Labute approximate surface area is 265 Å². The molecule has 4 rings (SSSR count).